The molecule has 0 aliphatic carbocycles. The largest absolute Gasteiger partial charge is 0.352 e. The monoisotopic (exact) mass is 367 g/mol. The molecule has 4 nitrogen and oxygen atoms in total. The van der Waals surface area contributed by atoms with Gasteiger partial charge in [-0.15, -0.1) is 0 Å². The lowest BCUT2D eigenvalue weighted by molar-refractivity contribution is -0.125. The standard InChI is InChI=1S/C16H19BrFN3O/c1-10(9-21-12(3)15(17)11(2)20-21)16(22)19-8-13-4-6-14(18)7-5-13/h4-7,10H,8-9H2,1-3H3,(H,19,22)/t10-/m1/s1. The molecule has 1 N–H and O–H groups in total. The Morgan fingerprint density at radius 1 is 1.36 bits per heavy atom. The number of rotatable bonds is 5. The molecule has 118 valence electrons. The minimum Gasteiger partial charge on any atom is -0.352 e. The fraction of sp³-hybridized carbons (Fsp3) is 0.375. The molecule has 0 aliphatic heterocycles. The molecule has 2 rings (SSSR count). The van der Waals surface area contributed by atoms with Gasteiger partial charge in [-0.05, 0) is 47.5 Å². The minimum absolute atomic E-state index is 0.0481. The Hall–Kier alpha value is -1.69. The second-order valence-corrected chi connectivity index (χ2v) is 6.21. The number of nitrogens with one attached hydrogen (secondary N) is 1. The quantitative estimate of drug-likeness (QED) is 0.880. The summed E-state index contributed by atoms with van der Waals surface area (Å²) in [5.74, 6) is -0.531. The van der Waals surface area contributed by atoms with E-state index >= 15 is 0 Å². The molecule has 1 aromatic heterocycles. The first-order valence-corrected chi connectivity index (χ1v) is 7.89. The van der Waals surface area contributed by atoms with Crippen molar-refractivity contribution in [3.8, 4) is 0 Å². The molecule has 0 spiro atoms. The fourth-order valence-electron chi connectivity index (χ4n) is 2.16. The number of halogens is 2. The van der Waals surface area contributed by atoms with E-state index in [4.69, 9.17) is 0 Å². The van der Waals surface area contributed by atoms with E-state index in [1.54, 1.807) is 12.1 Å². The predicted molar refractivity (Wildman–Crippen MR) is 86.8 cm³/mol. The highest BCUT2D eigenvalue weighted by Gasteiger charge is 2.16. The summed E-state index contributed by atoms with van der Waals surface area (Å²) < 4.78 is 15.6. The van der Waals surface area contributed by atoms with Crippen molar-refractivity contribution >= 4 is 21.8 Å². The van der Waals surface area contributed by atoms with Crippen LogP contribution < -0.4 is 5.32 Å². The Balaban J connectivity index is 1.91. The predicted octanol–water partition coefficient (Wildman–Crippen LogP) is 3.35. The van der Waals surface area contributed by atoms with Crippen LogP contribution in [0.3, 0.4) is 0 Å². The molecule has 0 unspecified atom stereocenters. The van der Waals surface area contributed by atoms with Crippen LogP contribution in [0.4, 0.5) is 4.39 Å². The van der Waals surface area contributed by atoms with Crippen molar-refractivity contribution in [3.05, 3.63) is 51.5 Å². The SMILES string of the molecule is Cc1nn(C[C@@H](C)C(=O)NCc2ccc(F)cc2)c(C)c1Br. The van der Waals surface area contributed by atoms with Gasteiger partial charge in [0, 0.05) is 12.2 Å². The molecule has 0 saturated carbocycles. The van der Waals surface area contributed by atoms with Crippen LogP contribution in [-0.4, -0.2) is 15.7 Å². The van der Waals surface area contributed by atoms with Crippen molar-refractivity contribution in [1.29, 1.82) is 0 Å². The molecule has 22 heavy (non-hydrogen) atoms. The minimum atomic E-state index is -0.279. The normalized spacial score (nSPS) is 12.2. The van der Waals surface area contributed by atoms with Gasteiger partial charge in [-0.2, -0.15) is 5.10 Å². The third kappa shape index (κ3) is 3.94. The zero-order chi connectivity index (χ0) is 16.3. The molecule has 1 amide bonds. The molecule has 0 aliphatic rings. The Morgan fingerprint density at radius 3 is 2.55 bits per heavy atom. The zero-order valence-corrected chi connectivity index (χ0v) is 14.4. The van der Waals surface area contributed by atoms with Gasteiger partial charge in [-0.25, -0.2) is 4.39 Å². The number of aryl methyl sites for hydroxylation is 1. The van der Waals surface area contributed by atoms with E-state index in [2.05, 4.69) is 26.3 Å². The molecule has 6 heteroatoms. The molecule has 0 radical (unpaired) electrons. The first-order chi connectivity index (χ1) is 10.4. The highest BCUT2D eigenvalue weighted by molar-refractivity contribution is 9.10. The molecular weight excluding hydrogens is 349 g/mol. The highest BCUT2D eigenvalue weighted by atomic mass is 79.9. The molecule has 1 heterocycles. The van der Waals surface area contributed by atoms with Crippen LogP contribution in [0.25, 0.3) is 0 Å². The van der Waals surface area contributed by atoms with E-state index in [1.165, 1.54) is 12.1 Å². The third-order valence-electron chi connectivity index (χ3n) is 3.57. The number of hydrogen-bond acceptors (Lipinski definition) is 2. The van der Waals surface area contributed by atoms with Gasteiger partial charge in [0.15, 0.2) is 0 Å². The number of benzene rings is 1. The van der Waals surface area contributed by atoms with E-state index in [0.29, 0.717) is 13.1 Å². The van der Waals surface area contributed by atoms with E-state index in [0.717, 1.165) is 21.4 Å². The Kier molecular flexibility index (Phi) is 5.34. The maximum atomic E-state index is 12.8. The number of hydrogen-bond donors (Lipinski definition) is 1. The van der Waals surface area contributed by atoms with Crippen molar-refractivity contribution in [2.24, 2.45) is 5.92 Å². The van der Waals surface area contributed by atoms with Crippen LogP contribution >= 0.6 is 15.9 Å². The lowest BCUT2D eigenvalue weighted by Gasteiger charge is -2.13. The lowest BCUT2D eigenvalue weighted by atomic mass is 10.1. The van der Waals surface area contributed by atoms with Gasteiger partial charge in [0.2, 0.25) is 5.91 Å². The van der Waals surface area contributed by atoms with Crippen molar-refractivity contribution in [2.75, 3.05) is 0 Å². The van der Waals surface area contributed by atoms with Gasteiger partial charge >= 0.3 is 0 Å². The van der Waals surface area contributed by atoms with Gasteiger partial charge in [0.25, 0.3) is 0 Å². The molecule has 2 aromatic rings. The molecule has 0 fully saturated rings. The van der Waals surface area contributed by atoms with Crippen LogP contribution in [-0.2, 0) is 17.9 Å². The van der Waals surface area contributed by atoms with Crippen molar-refractivity contribution in [2.45, 2.75) is 33.9 Å². The van der Waals surface area contributed by atoms with Crippen molar-refractivity contribution < 1.29 is 9.18 Å². The summed E-state index contributed by atoms with van der Waals surface area (Å²) in [6, 6.07) is 6.10. The molecule has 0 saturated heterocycles. The summed E-state index contributed by atoms with van der Waals surface area (Å²) >= 11 is 3.48. The van der Waals surface area contributed by atoms with Gasteiger partial charge in [0.05, 0.1) is 22.6 Å². The Bertz CT molecular complexity index is 667. The highest BCUT2D eigenvalue weighted by Crippen LogP contribution is 2.20. The summed E-state index contributed by atoms with van der Waals surface area (Å²) in [5, 5.41) is 7.27. The summed E-state index contributed by atoms with van der Waals surface area (Å²) in [6.45, 7) is 6.67. The van der Waals surface area contributed by atoms with Crippen LogP contribution in [0.15, 0.2) is 28.7 Å². The number of nitrogens with zero attached hydrogens (tertiary/aromatic N) is 2. The van der Waals surface area contributed by atoms with Crippen LogP contribution in [0, 0.1) is 25.6 Å². The summed E-state index contributed by atoms with van der Waals surface area (Å²) in [4.78, 5) is 12.2. The van der Waals surface area contributed by atoms with Gasteiger partial charge in [0.1, 0.15) is 5.82 Å². The maximum Gasteiger partial charge on any atom is 0.224 e. The Morgan fingerprint density at radius 2 is 2.00 bits per heavy atom. The van der Waals surface area contributed by atoms with E-state index in [9.17, 15) is 9.18 Å². The van der Waals surface area contributed by atoms with Crippen molar-refractivity contribution in [3.63, 3.8) is 0 Å². The first kappa shape index (κ1) is 16.7. The molecule has 0 bridgehead atoms. The summed E-state index contributed by atoms with van der Waals surface area (Å²) in [5.41, 5.74) is 2.79. The van der Waals surface area contributed by atoms with Gasteiger partial charge in [-0.1, -0.05) is 19.1 Å². The third-order valence-corrected chi connectivity index (χ3v) is 4.72. The van der Waals surface area contributed by atoms with E-state index in [1.807, 2.05) is 25.5 Å². The summed E-state index contributed by atoms with van der Waals surface area (Å²) in [6.07, 6.45) is 0. The second kappa shape index (κ2) is 7.05. The molecule has 1 atom stereocenters. The number of amides is 1. The molecule has 1 aromatic carbocycles. The van der Waals surface area contributed by atoms with E-state index in [-0.39, 0.29) is 17.6 Å². The average Bonchev–Trinajstić information content (AvgIpc) is 2.73. The van der Waals surface area contributed by atoms with E-state index < -0.39 is 0 Å². The molecular formula is C16H19BrFN3O. The smallest absolute Gasteiger partial charge is 0.224 e. The Labute approximate surface area is 137 Å². The van der Waals surface area contributed by atoms with Crippen LogP contribution in [0.2, 0.25) is 0 Å². The lowest BCUT2D eigenvalue weighted by Crippen LogP contribution is -2.31. The summed E-state index contributed by atoms with van der Waals surface area (Å²) in [7, 11) is 0. The van der Waals surface area contributed by atoms with Gasteiger partial charge < -0.3 is 5.32 Å². The first-order valence-electron chi connectivity index (χ1n) is 7.10. The number of aromatic nitrogens is 2. The van der Waals surface area contributed by atoms with Gasteiger partial charge in [-0.3, -0.25) is 9.48 Å². The fourth-order valence-corrected chi connectivity index (χ4v) is 2.44. The van der Waals surface area contributed by atoms with Crippen LogP contribution in [0.1, 0.15) is 23.9 Å². The topological polar surface area (TPSA) is 46.9 Å². The number of carbonyl (C=O) groups is 1. The maximum absolute atomic E-state index is 12.8. The van der Waals surface area contributed by atoms with Crippen LogP contribution in [0.5, 0.6) is 0 Å². The zero-order valence-electron chi connectivity index (χ0n) is 12.9. The second-order valence-electron chi connectivity index (χ2n) is 5.41. The average molecular weight is 368 g/mol. The number of carbonyl (C=O) groups excluding carboxylic acids is 1. The van der Waals surface area contributed by atoms with Crippen molar-refractivity contribution in [1.82, 2.24) is 15.1 Å².